The molecule has 1 N–H and O–H groups in total. The van der Waals surface area contributed by atoms with E-state index in [0.717, 1.165) is 31.9 Å². The minimum atomic E-state index is 0.558. The summed E-state index contributed by atoms with van der Waals surface area (Å²) < 4.78 is 5.70. The lowest BCUT2D eigenvalue weighted by atomic mass is 10.1. The molecule has 0 fully saturated rings. The van der Waals surface area contributed by atoms with E-state index in [9.17, 15) is 0 Å². The van der Waals surface area contributed by atoms with Gasteiger partial charge in [0.05, 0.1) is 6.61 Å². The standard InChI is InChI=1S/C20H27NO/c1-16(2)15-22-20-10-8-18(9-11-20)14-21-13-12-19-7-5-4-6-17(19)3/h4-11,16,21H,12-15H2,1-3H3. The van der Waals surface area contributed by atoms with Crippen LogP contribution in [-0.2, 0) is 13.0 Å². The average Bonchev–Trinajstić information content (AvgIpc) is 2.52. The van der Waals surface area contributed by atoms with Crippen LogP contribution in [0.25, 0.3) is 0 Å². The molecule has 2 rings (SSSR count). The smallest absolute Gasteiger partial charge is 0.119 e. The van der Waals surface area contributed by atoms with Crippen molar-refractivity contribution in [1.82, 2.24) is 5.32 Å². The zero-order chi connectivity index (χ0) is 15.8. The van der Waals surface area contributed by atoms with Crippen molar-refractivity contribution in [3.05, 3.63) is 65.2 Å². The Balaban J connectivity index is 1.72. The third-order valence-electron chi connectivity index (χ3n) is 3.67. The first kappa shape index (κ1) is 16.6. The van der Waals surface area contributed by atoms with Gasteiger partial charge in [0.2, 0.25) is 0 Å². The topological polar surface area (TPSA) is 21.3 Å². The summed E-state index contributed by atoms with van der Waals surface area (Å²) in [5, 5.41) is 3.51. The van der Waals surface area contributed by atoms with Gasteiger partial charge in [0, 0.05) is 6.54 Å². The van der Waals surface area contributed by atoms with Crippen LogP contribution in [0.1, 0.15) is 30.5 Å². The highest BCUT2D eigenvalue weighted by atomic mass is 16.5. The Labute approximate surface area is 134 Å². The van der Waals surface area contributed by atoms with E-state index in [1.807, 2.05) is 0 Å². The molecule has 0 spiro atoms. The first-order valence-corrected chi connectivity index (χ1v) is 8.12. The van der Waals surface area contributed by atoms with Gasteiger partial charge in [-0.3, -0.25) is 0 Å². The summed E-state index contributed by atoms with van der Waals surface area (Å²) in [4.78, 5) is 0. The zero-order valence-corrected chi connectivity index (χ0v) is 13.9. The average molecular weight is 297 g/mol. The van der Waals surface area contributed by atoms with Crippen molar-refractivity contribution in [2.75, 3.05) is 13.2 Å². The summed E-state index contributed by atoms with van der Waals surface area (Å²) in [5.41, 5.74) is 4.09. The van der Waals surface area contributed by atoms with E-state index in [2.05, 4.69) is 74.6 Å². The summed E-state index contributed by atoms with van der Waals surface area (Å²) >= 11 is 0. The van der Waals surface area contributed by atoms with Crippen molar-refractivity contribution >= 4 is 0 Å². The molecule has 0 unspecified atom stereocenters. The molecule has 0 saturated carbocycles. The molecule has 2 heteroatoms. The first-order valence-electron chi connectivity index (χ1n) is 8.12. The molecular formula is C20H27NO. The van der Waals surface area contributed by atoms with E-state index < -0.39 is 0 Å². The van der Waals surface area contributed by atoms with E-state index in [0.29, 0.717) is 5.92 Å². The summed E-state index contributed by atoms with van der Waals surface area (Å²) in [7, 11) is 0. The van der Waals surface area contributed by atoms with E-state index in [4.69, 9.17) is 4.74 Å². The number of ether oxygens (including phenoxy) is 1. The Kier molecular flexibility index (Phi) is 6.47. The minimum absolute atomic E-state index is 0.558. The lowest BCUT2D eigenvalue weighted by molar-refractivity contribution is 0.271. The van der Waals surface area contributed by atoms with E-state index in [1.165, 1.54) is 16.7 Å². The van der Waals surface area contributed by atoms with Crippen LogP contribution in [0.2, 0.25) is 0 Å². The van der Waals surface area contributed by atoms with Crippen LogP contribution in [0, 0.1) is 12.8 Å². The summed E-state index contributed by atoms with van der Waals surface area (Å²) in [5.74, 6) is 1.51. The van der Waals surface area contributed by atoms with Gasteiger partial charge >= 0.3 is 0 Å². The third kappa shape index (κ3) is 5.53. The van der Waals surface area contributed by atoms with E-state index >= 15 is 0 Å². The maximum atomic E-state index is 5.70. The fourth-order valence-corrected chi connectivity index (χ4v) is 2.31. The molecule has 0 aromatic heterocycles. The number of nitrogens with one attached hydrogen (secondary N) is 1. The van der Waals surface area contributed by atoms with Crippen molar-refractivity contribution in [2.45, 2.75) is 33.7 Å². The Morgan fingerprint density at radius 1 is 1.00 bits per heavy atom. The number of benzene rings is 2. The Morgan fingerprint density at radius 3 is 2.41 bits per heavy atom. The summed E-state index contributed by atoms with van der Waals surface area (Å²) in [6.45, 7) is 9.16. The Morgan fingerprint density at radius 2 is 1.73 bits per heavy atom. The van der Waals surface area contributed by atoms with Crippen molar-refractivity contribution in [1.29, 1.82) is 0 Å². The van der Waals surface area contributed by atoms with E-state index in [1.54, 1.807) is 0 Å². The normalized spacial score (nSPS) is 10.9. The van der Waals surface area contributed by atoms with Gasteiger partial charge in [0.25, 0.3) is 0 Å². The predicted octanol–water partition coefficient (Wildman–Crippen LogP) is 4.36. The third-order valence-corrected chi connectivity index (χ3v) is 3.67. The van der Waals surface area contributed by atoms with Crippen LogP contribution >= 0.6 is 0 Å². The molecule has 118 valence electrons. The largest absolute Gasteiger partial charge is 0.493 e. The van der Waals surface area contributed by atoms with Crippen LogP contribution in [0.5, 0.6) is 5.75 Å². The Hall–Kier alpha value is -1.80. The molecule has 2 nitrogen and oxygen atoms in total. The summed E-state index contributed by atoms with van der Waals surface area (Å²) in [6.07, 6.45) is 1.07. The van der Waals surface area contributed by atoms with Gasteiger partial charge in [0.15, 0.2) is 0 Å². The molecule has 0 atom stereocenters. The van der Waals surface area contributed by atoms with Gasteiger partial charge in [-0.2, -0.15) is 0 Å². The van der Waals surface area contributed by atoms with Crippen LogP contribution in [0.15, 0.2) is 48.5 Å². The lowest BCUT2D eigenvalue weighted by Gasteiger charge is -2.10. The van der Waals surface area contributed by atoms with Crippen molar-refractivity contribution < 1.29 is 4.74 Å². The predicted molar refractivity (Wildman–Crippen MR) is 93.4 cm³/mol. The minimum Gasteiger partial charge on any atom is -0.493 e. The molecular weight excluding hydrogens is 270 g/mol. The maximum Gasteiger partial charge on any atom is 0.119 e. The number of hydrogen-bond donors (Lipinski definition) is 1. The fourth-order valence-electron chi connectivity index (χ4n) is 2.31. The molecule has 0 aliphatic rings. The molecule has 22 heavy (non-hydrogen) atoms. The molecule has 0 radical (unpaired) electrons. The number of rotatable bonds is 8. The molecule has 0 amide bonds. The second-order valence-electron chi connectivity index (χ2n) is 6.20. The number of hydrogen-bond acceptors (Lipinski definition) is 2. The second kappa shape index (κ2) is 8.60. The highest BCUT2D eigenvalue weighted by molar-refractivity contribution is 5.27. The van der Waals surface area contributed by atoms with Crippen LogP contribution < -0.4 is 10.1 Å². The zero-order valence-electron chi connectivity index (χ0n) is 13.9. The van der Waals surface area contributed by atoms with Gasteiger partial charge in [-0.15, -0.1) is 0 Å². The highest BCUT2D eigenvalue weighted by Gasteiger charge is 1.99. The Bertz CT molecular complexity index is 560. The highest BCUT2D eigenvalue weighted by Crippen LogP contribution is 2.13. The maximum absolute atomic E-state index is 5.70. The van der Waals surface area contributed by atoms with Crippen molar-refractivity contribution in [3.63, 3.8) is 0 Å². The molecule has 2 aromatic carbocycles. The molecule has 0 heterocycles. The SMILES string of the molecule is Cc1ccccc1CCNCc1ccc(OCC(C)C)cc1. The first-order chi connectivity index (χ1) is 10.6. The van der Waals surface area contributed by atoms with Gasteiger partial charge in [-0.25, -0.2) is 0 Å². The fraction of sp³-hybridized carbons (Fsp3) is 0.400. The lowest BCUT2D eigenvalue weighted by Crippen LogP contribution is -2.17. The van der Waals surface area contributed by atoms with Gasteiger partial charge < -0.3 is 10.1 Å². The van der Waals surface area contributed by atoms with Crippen LogP contribution in [0.3, 0.4) is 0 Å². The van der Waals surface area contributed by atoms with E-state index in [-0.39, 0.29) is 0 Å². The quantitative estimate of drug-likeness (QED) is 0.731. The molecule has 0 aliphatic heterocycles. The molecule has 0 saturated heterocycles. The second-order valence-corrected chi connectivity index (χ2v) is 6.20. The van der Waals surface area contributed by atoms with Gasteiger partial charge in [-0.1, -0.05) is 50.2 Å². The molecule has 0 bridgehead atoms. The summed E-state index contributed by atoms with van der Waals surface area (Å²) in [6, 6.07) is 17.0. The molecule has 0 aliphatic carbocycles. The van der Waals surface area contributed by atoms with Gasteiger partial charge in [-0.05, 0) is 54.6 Å². The van der Waals surface area contributed by atoms with Crippen LogP contribution in [-0.4, -0.2) is 13.2 Å². The monoisotopic (exact) mass is 297 g/mol. The molecule has 2 aromatic rings. The van der Waals surface area contributed by atoms with Crippen LogP contribution in [0.4, 0.5) is 0 Å². The van der Waals surface area contributed by atoms with Crippen molar-refractivity contribution in [3.8, 4) is 5.75 Å². The van der Waals surface area contributed by atoms with Crippen molar-refractivity contribution in [2.24, 2.45) is 5.92 Å². The van der Waals surface area contributed by atoms with Gasteiger partial charge in [0.1, 0.15) is 5.75 Å². The number of aryl methyl sites for hydroxylation is 1.